The minimum atomic E-state index is -0.871. The molecule has 0 amide bonds. The second-order valence-electron chi connectivity index (χ2n) is 6.78. The van der Waals surface area contributed by atoms with Gasteiger partial charge in [0.15, 0.2) is 0 Å². The van der Waals surface area contributed by atoms with E-state index in [1.807, 2.05) is 31.2 Å². The lowest BCUT2D eigenvalue weighted by molar-refractivity contribution is -0.136. The Labute approximate surface area is 171 Å². The summed E-state index contributed by atoms with van der Waals surface area (Å²) in [6.07, 6.45) is 7.93. The molecule has 29 heavy (non-hydrogen) atoms. The van der Waals surface area contributed by atoms with Crippen molar-refractivity contribution in [2.24, 2.45) is 5.16 Å². The number of carbonyl (C=O) groups is 1. The van der Waals surface area contributed by atoms with Crippen LogP contribution in [0.3, 0.4) is 0 Å². The van der Waals surface area contributed by atoms with Gasteiger partial charge in [0.05, 0.1) is 6.42 Å². The van der Waals surface area contributed by atoms with Gasteiger partial charge in [-0.3, -0.25) is 4.79 Å². The number of aliphatic carboxylic acids is 1. The fourth-order valence-electron chi connectivity index (χ4n) is 3.02. The topological polar surface area (TPSA) is 68.1 Å². The first-order valence-corrected chi connectivity index (χ1v) is 9.74. The van der Waals surface area contributed by atoms with Crippen LogP contribution in [0.5, 0.6) is 5.75 Å². The fraction of sp³-hybridized carbons (Fsp3) is 0.250. The monoisotopic (exact) mass is 391 g/mol. The Bertz CT molecular complexity index is 943. The van der Waals surface area contributed by atoms with Crippen molar-refractivity contribution in [1.82, 2.24) is 0 Å². The molecule has 0 fully saturated rings. The van der Waals surface area contributed by atoms with Crippen LogP contribution in [0, 0.1) is 0 Å². The van der Waals surface area contributed by atoms with E-state index in [1.54, 1.807) is 18.2 Å². The molecule has 150 valence electrons. The van der Waals surface area contributed by atoms with Crippen molar-refractivity contribution in [2.45, 2.75) is 26.2 Å². The lowest BCUT2D eigenvalue weighted by Gasteiger charge is -2.11. The van der Waals surface area contributed by atoms with Gasteiger partial charge in [-0.05, 0) is 47.7 Å². The highest BCUT2D eigenvalue weighted by molar-refractivity contribution is 6.07. The number of carboxylic acids is 1. The highest BCUT2D eigenvalue weighted by atomic mass is 16.6. The Balaban J connectivity index is 1.80. The van der Waals surface area contributed by atoms with Crippen LogP contribution in [0.4, 0.5) is 0 Å². The maximum absolute atomic E-state index is 10.9. The number of allylic oxidation sites excluding steroid dienone is 2. The van der Waals surface area contributed by atoms with Gasteiger partial charge >= 0.3 is 5.97 Å². The maximum Gasteiger partial charge on any atom is 0.307 e. The average Bonchev–Trinajstić information content (AvgIpc) is 2.93. The molecule has 5 nitrogen and oxygen atoms in total. The van der Waals surface area contributed by atoms with Crippen LogP contribution < -0.4 is 4.74 Å². The zero-order valence-electron chi connectivity index (χ0n) is 16.5. The van der Waals surface area contributed by atoms with Gasteiger partial charge in [-0.2, -0.15) is 0 Å². The summed E-state index contributed by atoms with van der Waals surface area (Å²) >= 11 is 0. The number of benzene rings is 2. The normalized spacial score (nSPS) is 13.3. The summed E-state index contributed by atoms with van der Waals surface area (Å²) in [4.78, 5) is 16.4. The molecule has 3 rings (SSSR count). The first-order valence-electron chi connectivity index (χ1n) is 9.74. The number of nitrogens with zero attached hydrogens (tertiary/aromatic N) is 1. The molecule has 0 radical (unpaired) electrons. The van der Waals surface area contributed by atoms with Gasteiger partial charge in [0.1, 0.15) is 24.7 Å². The van der Waals surface area contributed by atoms with Crippen LogP contribution in [0.1, 0.15) is 30.0 Å². The Kier molecular flexibility index (Phi) is 7.22. The van der Waals surface area contributed by atoms with Crippen molar-refractivity contribution >= 4 is 17.8 Å². The SMILES string of the molecule is CCCO/N=C(\COc1cccc(CC(=O)O)c1)C1=Cc2ccccc2CC=C1. The molecule has 0 spiro atoms. The third-order valence-corrected chi connectivity index (χ3v) is 4.43. The van der Waals surface area contributed by atoms with Crippen LogP contribution in [0.15, 0.2) is 71.4 Å². The Morgan fingerprint density at radius 3 is 2.86 bits per heavy atom. The molecule has 1 aliphatic rings. The number of carboxylic acid groups (broad SMARTS) is 1. The van der Waals surface area contributed by atoms with E-state index in [4.69, 9.17) is 14.7 Å². The molecular formula is C24H25NO4. The van der Waals surface area contributed by atoms with Gasteiger partial charge < -0.3 is 14.7 Å². The standard InChI is InChI=1S/C24H25NO4/c1-2-13-29-25-23(17-28-22-12-5-7-18(14-22)15-24(26)27)21-11-6-10-19-8-3-4-9-20(19)16-21/h3-9,11-12,14,16H,2,10,13,15,17H2,1H3,(H,26,27)/b25-23+. The quantitative estimate of drug-likeness (QED) is 0.383. The molecule has 5 heteroatoms. The van der Waals surface area contributed by atoms with E-state index in [0.29, 0.717) is 23.6 Å². The predicted molar refractivity (Wildman–Crippen MR) is 114 cm³/mol. The van der Waals surface area contributed by atoms with Crippen molar-refractivity contribution < 1.29 is 19.5 Å². The van der Waals surface area contributed by atoms with E-state index >= 15 is 0 Å². The number of rotatable bonds is 9. The van der Waals surface area contributed by atoms with Crippen LogP contribution in [0.2, 0.25) is 0 Å². The van der Waals surface area contributed by atoms with Gasteiger partial charge in [-0.25, -0.2) is 0 Å². The molecule has 0 heterocycles. The smallest absolute Gasteiger partial charge is 0.307 e. The van der Waals surface area contributed by atoms with E-state index in [9.17, 15) is 4.79 Å². The number of ether oxygens (including phenoxy) is 1. The van der Waals surface area contributed by atoms with Gasteiger partial charge in [0, 0.05) is 5.57 Å². The van der Waals surface area contributed by atoms with Crippen molar-refractivity contribution in [3.05, 3.63) is 82.9 Å². The summed E-state index contributed by atoms with van der Waals surface area (Å²) in [5.41, 5.74) is 4.73. The molecule has 1 N–H and O–H groups in total. The van der Waals surface area contributed by atoms with Gasteiger partial charge in [0.25, 0.3) is 0 Å². The molecule has 0 saturated carbocycles. The fourth-order valence-corrected chi connectivity index (χ4v) is 3.02. The van der Waals surface area contributed by atoms with Crippen molar-refractivity contribution in [2.75, 3.05) is 13.2 Å². The van der Waals surface area contributed by atoms with Crippen molar-refractivity contribution in [1.29, 1.82) is 0 Å². The Morgan fingerprint density at radius 1 is 1.17 bits per heavy atom. The second-order valence-corrected chi connectivity index (χ2v) is 6.78. The van der Waals surface area contributed by atoms with Crippen LogP contribution in [-0.2, 0) is 22.5 Å². The third-order valence-electron chi connectivity index (χ3n) is 4.43. The second kappa shape index (κ2) is 10.3. The minimum Gasteiger partial charge on any atom is -0.487 e. The first-order chi connectivity index (χ1) is 14.2. The number of oxime groups is 1. The van der Waals surface area contributed by atoms with Crippen LogP contribution >= 0.6 is 0 Å². The third kappa shape index (κ3) is 6.07. The molecular weight excluding hydrogens is 366 g/mol. The van der Waals surface area contributed by atoms with Gasteiger partial charge in [0.2, 0.25) is 0 Å². The summed E-state index contributed by atoms with van der Waals surface area (Å²) < 4.78 is 5.92. The summed E-state index contributed by atoms with van der Waals surface area (Å²) in [5, 5.41) is 13.3. The predicted octanol–water partition coefficient (Wildman–Crippen LogP) is 4.67. The van der Waals surface area contributed by atoms with Gasteiger partial charge in [-0.15, -0.1) is 0 Å². The lowest BCUT2D eigenvalue weighted by Crippen LogP contribution is -2.14. The molecule has 0 bridgehead atoms. The summed E-state index contributed by atoms with van der Waals surface area (Å²) in [7, 11) is 0. The van der Waals surface area contributed by atoms with E-state index in [0.717, 1.165) is 24.0 Å². The van der Waals surface area contributed by atoms with E-state index in [1.165, 1.54) is 5.56 Å². The summed E-state index contributed by atoms with van der Waals surface area (Å²) in [5.74, 6) is -0.268. The van der Waals surface area contributed by atoms with E-state index < -0.39 is 5.97 Å². The number of fused-ring (bicyclic) bond motifs is 1. The van der Waals surface area contributed by atoms with Gasteiger partial charge in [-0.1, -0.05) is 60.6 Å². The zero-order chi connectivity index (χ0) is 20.5. The average molecular weight is 391 g/mol. The lowest BCUT2D eigenvalue weighted by atomic mass is 10.0. The Morgan fingerprint density at radius 2 is 2.03 bits per heavy atom. The maximum atomic E-state index is 10.9. The highest BCUT2D eigenvalue weighted by Crippen LogP contribution is 2.21. The van der Waals surface area contributed by atoms with E-state index in [2.05, 4.69) is 29.4 Å². The van der Waals surface area contributed by atoms with E-state index in [-0.39, 0.29) is 13.0 Å². The Hall–Kier alpha value is -3.34. The molecule has 2 aromatic carbocycles. The number of hydrogen-bond acceptors (Lipinski definition) is 4. The molecule has 0 atom stereocenters. The van der Waals surface area contributed by atoms with Crippen LogP contribution in [0.25, 0.3) is 6.08 Å². The molecule has 2 aromatic rings. The number of hydrogen-bond donors (Lipinski definition) is 1. The molecule has 0 aromatic heterocycles. The highest BCUT2D eigenvalue weighted by Gasteiger charge is 2.12. The minimum absolute atomic E-state index is 0.0393. The first kappa shape index (κ1) is 20.4. The summed E-state index contributed by atoms with van der Waals surface area (Å²) in [6.45, 7) is 2.78. The summed E-state index contributed by atoms with van der Waals surface area (Å²) in [6, 6.07) is 15.4. The molecule has 0 aliphatic heterocycles. The molecule has 1 aliphatic carbocycles. The van der Waals surface area contributed by atoms with Crippen molar-refractivity contribution in [3.63, 3.8) is 0 Å². The van der Waals surface area contributed by atoms with Crippen molar-refractivity contribution in [3.8, 4) is 5.75 Å². The molecule has 0 unspecified atom stereocenters. The van der Waals surface area contributed by atoms with Crippen LogP contribution in [-0.4, -0.2) is 30.0 Å². The zero-order valence-corrected chi connectivity index (χ0v) is 16.5. The largest absolute Gasteiger partial charge is 0.487 e. The molecule has 0 saturated heterocycles.